The molecule has 0 saturated carbocycles. The quantitative estimate of drug-likeness (QED) is 0.550. The molecule has 0 aliphatic heterocycles. The Morgan fingerprint density at radius 3 is 2.65 bits per heavy atom. The van der Waals surface area contributed by atoms with Gasteiger partial charge in [0.1, 0.15) is 0 Å². The molecule has 0 radical (unpaired) electrons. The lowest BCUT2D eigenvalue weighted by atomic mass is 10.1. The first-order valence-corrected chi connectivity index (χ1v) is 5.69. The minimum absolute atomic E-state index is 0.179. The Hall–Kier alpha value is -2.48. The second kappa shape index (κ2) is 7.19. The maximum Gasteiger partial charge on any atom is 0.328 e. The number of carboxylic acids is 1. The second-order valence-electron chi connectivity index (χ2n) is 3.98. The molecule has 0 saturated heterocycles. The molecule has 108 valence electrons. The Bertz CT molecular complexity index is 516. The van der Waals surface area contributed by atoms with Crippen LogP contribution < -0.4 is 5.32 Å². The Kier molecular flexibility index (Phi) is 5.60. The zero-order valence-electron chi connectivity index (χ0n) is 10.7. The summed E-state index contributed by atoms with van der Waals surface area (Å²) in [6.07, 6.45) is -0.273. The number of hydrogen-bond acceptors (Lipinski definition) is 5. The lowest BCUT2D eigenvalue weighted by molar-refractivity contribution is -0.385. The molecule has 8 heteroatoms. The van der Waals surface area contributed by atoms with Gasteiger partial charge in [-0.1, -0.05) is 18.2 Å². The summed E-state index contributed by atoms with van der Waals surface area (Å²) in [6, 6.07) is 4.61. The van der Waals surface area contributed by atoms with Crippen LogP contribution in [0.15, 0.2) is 24.3 Å². The van der Waals surface area contributed by atoms with Gasteiger partial charge in [-0.25, -0.2) is 4.79 Å². The van der Waals surface area contributed by atoms with Gasteiger partial charge in [-0.2, -0.15) is 0 Å². The van der Waals surface area contributed by atoms with Crippen molar-refractivity contribution in [3.63, 3.8) is 0 Å². The summed E-state index contributed by atoms with van der Waals surface area (Å²) in [5.74, 6) is -1.86. The highest BCUT2D eigenvalue weighted by Crippen LogP contribution is 2.17. The van der Waals surface area contributed by atoms with Gasteiger partial charge in [0.15, 0.2) is 6.04 Å². The fourth-order valence-electron chi connectivity index (χ4n) is 1.60. The fraction of sp³-hybridized carbons (Fsp3) is 0.333. The average molecular weight is 282 g/mol. The number of nitro groups is 1. The number of nitro benzene ring substituents is 1. The van der Waals surface area contributed by atoms with E-state index in [-0.39, 0.29) is 24.3 Å². The lowest BCUT2D eigenvalue weighted by Crippen LogP contribution is -2.44. The van der Waals surface area contributed by atoms with Crippen molar-refractivity contribution in [2.24, 2.45) is 0 Å². The first-order valence-electron chi connectivity index (χ1n) is 5.69. The molecular weight excluding hydrogens is 268 g/mol. The van der Waals surface area contributed by atoms with Gasteiger partial charge < -0.3 is 15.2 Å². The van der Waals surface area contributed by atoms with Crippen molar-refractivity contribution in [3.8, 4) is 0 Å². The number of methoxy groups -OCH3 is 1. The molecule has 2 N–H and O–H groups in total. The van der Waals surface area contributed by atoms with Gasteiger partial charge in [0.2, 0.25) is 5.91 Å². The van der Waals surface area contributed by atoms with Crippen LogP contribution in [0.4, 0.5) is 5.69 Å². The fourth-order valence-corrected chi connectivity index (χ4v) is 1.60. The number of rotatable bonds is 7. The van der Waals surface area contributed by atoms with E-state index in [0.29, 0.717) is 0 Å². The summed E-state index contributed by atoms with van der Waals surface area (Å²) in [5.41, 5.74) is 0.0397. The maximum absolute atomic E-state index is 11.7. The van der Waals surface area contributed by atoms with Gasteiger partial charge in [0, 0.05) is 18.7 Å². The van der Waals surface area contributed by atoms with Crippen LogP contribution in [-0.4, -0.2) is 41.7 Å². The molecular formula is C12H14N2O6. The third-order valence-corrected chi connectivity index (χ3v) is 2.51. The van der Waals surface area contributed by atoms with E-state index in [1.165, 1.54) is 25.3 Å². The van der Waals surface area contributed by atoms with Gasteiger partial charge in [-0.3, -0.25) is 14.9 Å². The van der Waals surface area contributed by atoms with Crippen LogP contribution >= 0.6 is 0 Å². The topological polar surface area (TPSA) is 119 Å². The smallest absolute Gasteiger partial charge is 0.328 e. The van der Waals surface area contributed by atoms with Crippen molar-refractivity contribution in [3.05, 3.63) is 39.9 Å². The molecule has 0 fully saturated rings. The van der Waals surface area contributed by atoms with Crippen LogP contribution in [0.25, 0.3) is 0 Å². The van der Waals surface area contributed by atoms with Crippen LogP contribution in [0.5, 0.6) is 0 Å². The molecule has 1 aromatic carbocycles. The minimum atomic E-state index is -1.23. The zero-order chi connectivity index (χ0) is 15.1. The summed E-state index contributed by atoms with van der Waals surface area (Å²) in [5, 5.41) is 21.9. The van der Waals surface area contributed by atoms with E-state index in [2.05, 4.69) is 10.1 Å². The van der Waals surface area contributed by atoms with Gasteiger partial charge in [0.25, 0.3) is 5.69 Å². The van der Waals surface area contributed by atoms with Crippen molar-refractivity contribution in [1.82, 2.24) is 5.32 Å². The van der Waals surface area contributed by atoms with Crippen LogP contribution in [0.3, 0.4) is 0 Å². The van der Waals surface area contributed by atoms with Crippen LogP contribution in [0.1, 0.15) is 5.56 Å². The van der Waals surface area contributed by atoms with Gasteiger partial charge in [-0.05, 0) is 0 Å². The van der Waals surface area contributed by atoms with Crippen LogP contribution in [-0.2, 0) is 20.7 Å². The first kappa shape index (κ1) is 15.6. The molecule has 0 aromatic heterocycles. The molecule has 0 spiro atoms. The third kappa shape index (κ3) is 4.32. The van der Waals surface area contributed by atoms with Gasteiger partial charge in [-0.15, -0.1) is 0 Å². The molecule has 0 aliphatic rings. The number of nitrogens with one attached hydrogen (secondary N) is 1. The SMILES string of the molecule is COCC(NC(=O)Cc1ccccc1[N+](=O)[O-])C(=O)O. The van der Waals surface area contributed by atoms with Gasteiger partial charge >= 0.3 is 5.97 Å². The monoisotopic (exact) mass is 282 g/mol. The second-order valence-corrected chi connectivity index (χ2v) is 3.98. The van der Waals surface area contributed by atoms with Crippen molar-refractivity contribution < 1.29 is 24.4 Å². The number of aliphatic carboxylic acids is 1. The highest BCUT2D eigenvalue weighted by molar-refractivity contribution is 5.85. The number of ether oxygens (including phenoxy) is 1. The molecule has 1 amide bonds. The Labute approximate surface area is 114 Å². The summed E-state index contributed by atoms with van der Waals surface area (Å²) < 4.78 is 4.67. The van der Waals surface area contributed by atoms with Crippen molar-refractivity contribution in [2.45, 2.75) is 12.5 Å². The molecule has 0 bridgehead atoms. The highest BCUT2D eigenvalue weighted by atomic mass is 16.6. The van der Waals surface area contributed by atoms with Crippen molar-refractivity contribution in [2.75, 3.05) is 13.7 Å². The predicted molar refractivity (Wildman–Crippen MR) is 68.2 cm³/mol. The molecule has 1 aromatic rings. The largest absolute Gasteiger partial charge is 0.480 e. The molecule has 1 unspecified atom stereocenters. The van der Waals surface area contributed by atoms with E-state index in [0.717, 1.165) is 0 Å². The zero-order valence-corrected chi connectivity index (χ0v) is 10.7. The molecule has 8 nitrogen and oxygen atoms in total. The van der Waals surface area contributed by atoms with E-state index < -0.39 is 22.8 Å². The first-order chi connectivity index (χ1) is 9.45. The van der Waals surface area contributed by atoms with Crippen LogP contribution in [0.2, 0.25) is 0 Å². The number of amides is 1. The Balaban J connectivity index is 2.76. The van der Waals surface area contributed by atoms with E-state index in [1.807, 2.05) is 0 Å². The van der Waals surface area contributed by atoms with E-state index >= 15 is 0 Å². The maximum atomic E-state index is 11.7. The molecule has 1 atom stereocenters. The predicted octanol–water partition coefficient (Wildman–Crippen LogP) is 0.353. The van der Waals surface area contributed by atoms with Crippen LogP contribution in [0, 0.1) is 10.1 Å². The van der Waals surface area contributed by atoms with Crippen molar-refractivity contribution in [1.29, 1.82) is 0 Å². The third-order valence-electron chi connectivity index (χ3n) is 2.51. The summed E-state index contributed by atoms with van der Waals surface area (Å²) in [7, 11) is 1.31. The number of carbonyl (C=O) groups excluding carboxylic acids is 1. The molecule has 0 heterocycles. The lowest BCUT2D eigenvalue weighted by Gasteiger charge is -2.13. The molecule has 0 aliphatic carbocycles. The summed E-state index contributed by atoms with van der Waals surface area (Å²) in [6.45, 7) is -0.183. The molecule has 1 rings (SSSR count). The average Bonchev–Trinajstić information content (AvgIpc) is 2.38. The van der Waals surface area contributed by atoms with Crippen molar-refractivity contribution >= 4 is 17.6 Å². The van der Waals surface area contributed by atoms with E-state index in [4.69, 9.17) is 5.11 Å². The minimum Gasteiger partial charge on any atom is -0.480 e. The molecule has 20 heavy (non-hydrogen) atoms. The Morgan fingerprint density at radius 2 is 2.10 bits per heavy atom. The number of carbonyl (C=O) groups is 2. The number of nitrogens with zero attached hydrogens (tertiary/aromatic N) is 1. The van der Waals surface area contributed by atoms with Gasteiger partial charge in [0.05, 0.1) is 18.0 Å². The number of para-hydroxylation sites is 1. The standard InChI is InChI=1S/C12H14N2O6/c1-20-7-9(12(16)17)13-11(15)6-8-4-2-3-5-10(8)14(18)19/h2-5,9H,6-7H2,1H3,(H,13,15)(H,16,17). The van der Waals surface area contributed by atoms with E-state index in [1.54, 1.807) is 6.07 Å². The highest BCUT2D eigenvalue weighted by Gasteiger charge is 2.21. The summed E-state index contributed by atoms with van der Waals surface area (Å²) in [4.78, 5) is 32.8. The summed E-state index contributed by atoms with van der Waals surface area (Å²) >= 11 is 0. The number of hydrogen-bond donors (Lipinski definition) is 2. The normalized spacial score (nSPS) is 11.7. The van der Waals surface area contributed by atoms with E-state index in [9.17, 15) is 19.7 Å². The number of benzene rings is 1. The Morgan fingerprint density at radius 1 is 1.45 bits per heavy atom. The number of carboxylic acid groups (broad SMARTS) is 1.